The number of nitriles is 1. The number of amides is 1. The van der Waals surface area contributed by atoms with Crippen molar-refractivity contribution >= 4 is 12.0 Å². The van der Waals surface area contributed by atoms with E-state index >= 15 is 0 Å². The number of carbonyl (C=O) groups excluding carboxylic acids is 1. The van der Waals surface area contributed by atoms with E-state index in [0.717, 1.165) is 35.6 Å². The highest BCUT2D eigenvalue weighted by atomic mass is 16.5. The van der Waals surface area contributed by atoms with Crippen molar-refractivity contribution in [3.05, 3.63) is 40.4 Å². The van der Waals surface area contributed by atoms with Crippen LogP contribution >= 0.6 is 0 Å². The van der Waals surface area contributed by atoms with Crippen molar-refractivity contribution < 1.29 is 9.32 Å². The van der Waals surface area contributed by atoms with Crippen LogP contribution in [-0.4, -0.2) is 21.7 Å². The summed E-state index contributed by atoms with van der Waals surface area (Å²) in [5.74, 6) is 1.11. The first-order chi connectivity index (χ1) is 11.0. The van der Waals surface area contributed by atoms with E-state index in [-0.39, 0.29) is 17.5 Å². The van der Waals surface area contributed by atoms with Gasteiger partial charge in [0.1, 0.15) is 17.4 Å². The van der Waals surface area contributed by atoms with Crippen molar-refractivity contribution in [3.63, 3.8) is 0 Å². The maximum Gasteiger partial charge on any atom is 0.262 e. The Balaban J connectivity index is 1.95. The van der Waals surface area contributed by atoms with Gasteiger partial charge in [0, 0.05) is 23.5 Å². The van der Waals surface area contributed by atoms with Crippen molar-refractivity contribution in [2.75, 3.05) is 0 Å². The molecule has 0 bridgehead atoms. The zero-order valence-corrected chi connectivity index (χ0v) is 13.4. The molecule has 0 atom stereocenters. The van der Waals surface area contributed by atoms with Gasteiger partial charge in [-0.1, -0.05) is 5.16 Å². The van der Waals surface area contributed by atoms with E-state index < -0.39 is 0 Å². The van der Waals surface area contributed by atoms with E-state index in [1.807, 2.05) is 43.5 Å². The van der Waals surface area contributed by atoms with Gasteiger partial charge >= 0.3 is 0 Å². The number of aromatic nitrogens is 2. The lowest BCUT2D eigenvalue weighted by molar-refractivity contribution is -0.117. The van der Waals surface area contributed by atoms with Gasteiger partial charge < -0.3 is 9.84 Å². The molecule has 1 saturated carbocycles. The van der Waals surface area contributed by atoms with Crippen LogP contribution in [0.1, 0.15) is 35.6 Å². The zero-order chi connectivity index (χ0) is 16.6. The Morgan fingerprint density at radius 2 is 2.17 bits per heavy atom. The summed E-state index contributed by atoms with van der Waals surface area (Å²) in [7, 11) is 0. The highest BCUT2D eigenvalue weighted by Crippen LogP contribution is 2.23. The molecule has 1 aliphatic carbocycles. The molecule has 1 N–H and O–H groups in total. The fraction of sp³-hybridized carbons (Fsp3) is 0.353. The molecule has 3 rings (SSSR count). The van der Waals surface area contributed by atoms with E-state index in [4.69, 9.17) is 4.52 Å². The summed E-state index contributed by atoms with van der Waals surface area (Å²) in [6.07, 6.45) is 3.61. The predicted octanol–water partition coefficient (Wildman–Crippen LogP) is 2.58. The lowest BCUT2D eigenvalue weighted by Gasteiger charge is -2.04. The highest BCUT2D eigenvalue weighted by Gasteiger charge is 2.25. The molecule has 2 heterocycles. The minimum atomic E-state index is -0.308. The molecular formula is C17H18N4O2. The van der Waals surface area contributed by atoms with Crippen LogP contribution in [0.3, 0.4) is 0 Å². The number of carbonyl (C=O) groups is 1. The Labute approximate surface area is 134 Å². The first kappa shape index (κ1) is 15.1. The van der Waals surface area contributed by atoms with Gasteiger partial charge in [-0.05, 0) is 51.3 Å². The number of hydrogen-bond donors (Lipinski definition) is 1. The molecule has 0 unspecified atom stereocenters. The number of rotatable bonds is 4. The maximum atomic E-state index is 12.1. The largest absolute Gasteiger partial charge is 0.360 e. The number of aryl methyl sites for hydroxylation is 2. The van der Waals surface area contributed by atoms with Crippen LogP contribution in [0.25, 0.3) is 11.9 Å². The normalized spacial score (nSPS) is 14.6. The summed E-state index contributed by atoms with van der Waals surface area (Å²) in [5, 5.41) is 16.1. The van der Waals surface area contributed by atoms with Crippen molar-refractivity contribution in [2.45, 2.75) is 39.7 Å². The minimum absolute atomic E-state index is 0.119. The molecular weight excluding hydrogens is 292 g/mol. The number of hydrogen-bond acceptors (Lipinski definition) is 4. The van der Waals surface area contributed by atoms with Gasteiger partial charge in [-0.15, -0.1) is 0 Å². The van der Waals surface area contributed by atoms with Crippen LogP contribution in [0, 0.1) is 32.1 Å². The van der Waals surface area contributed by atoms with Gasteiger partial charge in [-0.2, -0.15) is 5.26 Å². The Kier molecular flexibility index (Phi) is 3.78. The molecule has 2 aromatic rings. The molecule has 1 fully saturated rings. The smallest absolute Gasteiger partial charge is 0.262 e. The Bertz CT molecular complexity index is 831. The topological polar surface area (TPSA) is 83.9 Å². The lowest BCUT2D eigenvalue weighted by Crippen LogP contribution is -2.26. The van der Waals surface area contributed by atoms with E-state index in [9.17, 15) is 10.1 Å². The number of nitrogens with one attached hydrogen (secondary N) is 1. The van der Waals surface area contributed by atoms with Crippen LogP contribution in [-0.2, 0) is 4.79 Å². The molecule has 0 aromatic carbocycles. The molecule has 1 amide bonds. The first-order valence-corrected chi connectivity index (χ1v) is 7.55. The fourth-order valence-electron chi connectivity index (χ4n) is 2.54. The second-order valence-electron chi connectivity index (χ2n) is 5.88. The van der Waals surface area contributed by atoms with Crippen molar-refractivity contribution in [1.82, 2.24) is 15.0 Å². The Morgan fingerprint density at radius 3 is 2.74 bits per heavy atom. The third-order valence-electron chi connectivity index (χ3n) is 3.89. The van der Waals surface area contributed by atoms with Gasteiger partial charge in [-0.25, -0.2) is 0 Å². The molecule has 0 aliphatic heterocycles. The van der Waals surface area contributed by atoms with Gasteiger partial charge in [0.05, 0.1) is 0 Å². The van der Waals surface area contributed by atoms with Gasteiger partial charge in [0.15, 0.2) is 5.82 Å². The van der Waals surface area contributed by atoms with Crippen LogP contribution in [0.5, 0.6) is 0 Å². The zero-order valence-electron chi connectivity index (χ0n) is 13.4. The molecule has 118 valence electrons. The summed E-state index contributed by atoms with van der Waals surface area (Å²) in [5.41, 5.74) is 2.81. The molecule has 0 radical (unpaired) electrons. The van der Waals surface area contributed by atoms with Crippen LogP contribution in [0.2, 0.25) is 0 Å². The standard InChI is InChI=1S/C17H18N4O2/c1-10-6-13(8-14(9-18)17(22)19-15-4-5-15)12(3)21(10)16-7-11(2)23-20-16/h6-8,15H,4-5H2,1-3H3,(H,19,22). The third kappa shape index (κ3) is 3.04. The van der Waals surface area contributed by atoms with E-state index in [1.54, 1.807) is 6.08 Å². The van der Waals surface area contributed by atoms with Crippen LogP contribution in [0.15, 0.2) is 22.2 Å². The average molecular weight is 310 g/mol. The summed E-state index contributed by atoms with van der Waals surface area (Å²) < 4.78 is 7.07. The molecule has 6 heteroatoms. The summed E-state index contributed by atoms with van der Waals surface area (Å²) in [6, 6.07) is 5.99. The van der Waals surface area contributed by atoms with Crippen molar-refractivity contribution in [3.8, 4) is 11.9 Å². The van der Waals surface area contributed by atoms with Gasteiger partial charge in [0.2, 0.25) is 0 Å². The number of nitrogens with zero attached hydrogens (tertiary/aromatic N) is 3. The van der Waals surface area contributed by atoms with E-state index in [0.29, 0.717) is 5.82 Å². The quantitative estimate of drug-likeness (QED) is 0.695. The predicted molar refractivity (Wildman–Crippen MR) is 84.8 cm³/mol. The van der Waals surface area contributed by atoms with Crippen molar-refractivity contribution in [1.29, 1.82) is 5.26 Å². The minimum Gasteiger partial charge on any atom is -0.360 e. The second-order valence-corrected chi connectivity index (χ2v) is 5.88. The average Bonchev–Trinajstić information content (AvgIpc) is 3.15. The Morgan fingerprint density at radius 1 is 1.43 bits per heavy atom. The molecule has 1 aliphatic rings. The Hall–Kier alpha value is -2.81. The monoisotopic (exact) mass is 310 g/mol. The SMILES string of the molecule is Cc1cc(-n2c(C)cc(C=C(C#N)C(=O)NC3CC3)c2C)no1. The summed E-state index contributed by atoms with van der Waals surface area (Å²) in [4.78, 5) is 12.1. The first-order valence-electron chi connectivity index (χ1n) is 7.55. The molecule has 0 saturated heterocycles. The summed E-state index contributed by atoms with van der Waals surface area (Å²) >= 11 is 0. The van der Waals surface area contributed by atoms with Gasteiger partial charge in [0.25, 0.3) is 5.91 Å². The van der Waals surface area contributed by atoms with Crippen LogP contribution < -0.4 is 5.32 Å². The van der Waals surface area contributed by atoms with E-state index in [2.05, 4.69) is 10.5 Å². The maximum absolute atomic E-state index is 12.1. The van der Waals surface area contributed by atoms with E-state index in [1.165, 1.54) is 0 Å². The fourth-order valence-corrected chi connectivity index (χ4v) is 2.54. The van der Waals surface area contributed by atoms with Crippen LogP contribution in [0.4, 0.5) is 0 Å². The molecule has 2 aromatic heterocycles. The second kappa shape index (κ2) is 5.76. The lowest BCUT2D eigenvalue weighted by atomic mass is 10.1. The molecule has 0 spiro atoms. The molecule has 23 heavy (non-hydrogen) atoms. The van der Waals surface area contributed by atoms with Gasteiger partial charge in [-0.3, -0.25) is 9.36 Å². The summed E-state index contributed by atoms with van der Waals surface area (Å²) in [6.45, 7) is 5.71. The highest BCUT2D eigenvalue weighted by molar-refractivity contribution is 6.02. The van der Waals surface area contributed by atoms with Crippen molar-refractivity contribution in [2.24, 2.45) is 0 Å². The third-order valence-corrected chi connectivity index (χ3v) is 3.89. The molecule has 6 nitrogen and oxygen atoms in total.